The van der Waals surface area contributed by atoms with Crippen LogP contribution in [0.5, 0.6) is 0 Å². The van der Waals surface area contributed by atoms with Crippen LogP contribution < -0.4 is 0 Å². The van der Waals surface area contributed by atoms with E-state index in [0.29, 0.717) is 47.3 Å². The van der Waals surface area contributed by atoms with Crippen molar-refractivity contribution in [1.82, 2.24) is 4.90 Å². The standard InChI is InChI=1S/C42H69NO5/c1-26(2)28-13-19-42(23-33(44)43-22-16-27(3)25-43)21-20-40(9)29(35(28)42)11-12-31-39(8)17-15-32(48-34(45)24-37(4,5)36(46)47)38(6,7)30(39)14-18-41(31,40)10/h26-32,35H,11-25H2,1-10H3,(H,46,47)/t27-,28-,29+,30-,31+,32-,35+,39-,40+,41+,42+/m0/s1. The van der Waals surface area contributed by atoms with Crippen molar-refractivity contribution < 1.29 is 24.2 Å². The van der Waals surface area contributed by atoms with Gasteiger partial charge in [-0.1, -0.05) is 55.4 Å². The van der Waals surface area contributed by atoms with E-state index in [0.717, 1.165) is 45.2 Å². The summed E-state index contributed by atoms with van der Waals surface area (Å²) < 4.78 is 6.19. The van der Waals surface area contributed by atoms with Crippen molar-refractivity contribution in [3.05, 3.63) is 0 Å². The van der Waals surface area contributed by atoms with Gasteiger partial charge in [0, 0.05) is 24.9 Å². The zero-order valence-electron chi connectivity index (χ0n) is 32.3. The fourth-order valence-corrected chi connectivity index (χ4v) is 14.2. The smallest absolute Gasteiger partial charge is 0.309 e. The first-order valence-electron chi connectivity index (χ1n) is 19.9. The van der Waals surface area contributed by atoms with E-state index in [1.807, 2.05) is 0 Å². The molecule has 5 saturated carbocycles. The summed E-state index contributed by atoms with van der Waals surface area (Å²) in [6.07, 6.45) is 13.5. The lowest BCUT2D eigenvalue weighted by molar-refractivity contribution is -0.252. The Labute approximate surface area is 292 Å². The molecule has 6 nitrogen and oxygen atoms in total. The topological polar surface area (TPSA) is 83.9 Å². The first-order valence-corrected chi connectivity index (χ1v) is 19.9. The molecule has 0 aromatic carbocycles. The van der Waals surface area contributed by atoms with Gasteiger partial charge in [0.2, 0.25) is 5.91 Å². The summed E-state index contributed by atoms with van der Waals surface area (Å²) in [6, 6.07) is 0. The Morgan fingerprint density at radius 2 is 1.56 bits per heavy atom. The monoisotopic (exact) mass is 668 g/mol. The van der Waals surface area contributed by atoms with Crippen molar-refractivity contribution in [2.45, 2.75) is 159 Å². The van der Waals surface area contributed by atoms with Gasteiger partial charge in [-0.2, -0.15) is 0 Å². The molecular formula is C42H69NO5. The minimum Gasteiger partial charge on any atom is -0.481 e. The van der Waals surface area contributed by atoms with Crippen molar-refractivity contribution in [3.63, 3.8) is 0 Å². The highest BCUT2D eigenvalue weighted by Crippen LogP contribution is 2.78. The predicted molar refractivity (Wildman–Crippen MR) is 190 cm³/mol. The highest BCUT2D eigenvalue weighted by atomic mass is 16.5. The van der Waals surface area contributed by atoms with Crippen LogP contribution in [0.4, 0.5) is 0 Å². The van der Waals surface area contributed by atoms with Crippen LogP contribution >= 0.6 is 0 Å². The summed E-state index contributed by atoms with van der Waals surface area (Å²) in [5.41, 5.74) is -0.439. The van der Waals surface area contributed by atoms with Crippen LogP contribution in [-0.4, -0.2) is 47.0 Å². The second-order valence-electron chi connectivity index (χ2n) is 20.6. The average molecular weight is 668 g/mol. The molecule has 1 heterocycles. The van der Waals surface area contributed by atoms with Crippen molar-refractivity contribution in [3.8, 4) is 0 Å². The number of carbonyl (C=O) groups is 3. The molecule has 1 aliphatic heterocycles. The van der Waals surface area contributed by atoms with Crippen LogP contribution in [0.3, 0.4) is 0 Å². The molecular weight excluding hydrogens is 598 g/mol. The molecule has 6 heteroatoms. The number of nitrogens with zero attached hydrogens (tertiary/aromatic N) is 1. The first kappa shape index (κ1) is 36.2. The van der Waals surface area contributed by atoms with Gasteiger partial charge in [0.1, 0.15) is 6.10 Å². The average Bonchev–Trinajstić information content (AvgIpc) is 3.59. The third-order valence-electron chi connectivity index (χ3n) is 17.2. The summed E-state index contributed by atoms with van der Waals surface area (Å²) in [4.78, 5) is 40.9. The van der Waals surface area contributed by atoms with Gasteiger partial charge in [-0.05, 0) is 148 Å². The van der Waals surface area contributed by atoms with Crippen LogP contribution in [0.25, 0.3) is 0 Å². The number of amides is 1. The second kappa shape index (κ2) is 12.0. The first-order chi connectivity index (χ1) is 22.2. The molecule has 6 rings (SSSR count). The van der Waals surface area contributed by atoms with E-state index in [9.17, 15) is 19.5 Å². The molecule has 5 aliphatic carbocycles. The SMILES string of the molecule is CC(C)[C@@H]1CC[C@]2(CC(=O)N3CC[C@H](C)C3)CC[C@]3(C)[C@H](CC[C@@H]4[C@@]5(C)CC[C@H](OC(=O)CC(C)(C)C(=O)O)C(C)(C)[C@@H]5CC[C@]43C)[C@@H]12. The summed E-state index contributed by atoms with van der Waals surface area (Å²) in [5, 5.41) is 9.60. The lowest BCUT2D eigenvalue weighted by atomic mass is 9.32. The van der Waals surface area contributed by atoms with Gasteiger partial charge in [0.05, 0.1) is 11.8 Å². The van der Waals surface area contributed by atoms with E-state index in [1.54, 1.807) is 13.8 Å². The Morgan fingerprint density at radius 1 is 0.854 bits per heavy atom. The van der Waals surface area contributed by atoms with Crippen LogP contribution in [0.2, 0.25) is 0 Å². The van der Waals surface area contributed by atoms with Crippen LogP contribution in [0.15, 0.2) is 0 Å². The van der Waals surface area contributed by atoms with Crippen molar-refractivity contribution in [1.29, 1.82) is 0 Å². The fourth-order valence-electron chi connectivity index (χ4n) is 14.2. The van der Waals surface area contributed by atoms with E-state index in [4.69, 9.17) is 4.74 Å². The summed E-state index contributed by atoms with van der Waals surface area (Å²) in [5.74, 6) is 3.51. The predicted octanol–water partition coefficient (Wildman–Crippen LogP) is 9.40. The largest absolute Gasteiger partial charge is 0.481 e. The van der Waals surface area contributed by atoms with Gasteiger partial charge in [0.25, 0.3) is 0 Å². The van der Waals surface area contributed by atoms with E-state index in [2.05, 4.69) is 60.3 Å². The number of rotatable bonds is 7. The molecule has 6 aliphatic rings. The number of esters is 1. The maximum absolute atomic E-state index is 13.9. The fraction of sp³-hybridized carbons (Fsp3) is 0.929. The lowest BCUT2D eigenvalue weighted by Gasteiger charge is -2.73. The van der Waals surface area contributed by atoms with Gasteiger partial charge >= 0.3 is 11.9 Å². The zero-order chi connectivity index (χ0) is 35.2. The summed E-state index contributed by atoms with van der Waals surface area (Å²) in [6.45, 7) is 24.9. The Morgan fingerprint density at radius 3 is 2.19 bits per heavy atom. The van der Waals surface area contributed by atoms with Gasteiger partial charge in [-0.15, -0.1) is 0 Å². The van der Waals surface area contributed by atoms with Gasteiger partial charge < -0.3 is 14.7 Å². The zero-order valence-corrected chi connectivity index (χ0v) is 32.3. The Balaban J connectivity index is 1.25. The molecule has 0 aromatic rings. The molecule has 1 amide bonds. The number of carbonyl (C=O) groups excluding carboxylic acids is 2. The number of aliphatic carboxylic acids is 1. The van der Waals surface area contributed by atoms with E-state index < -0.39 is 11.4 Å². The Kier molecular flexibility index (Phi) is 9.05. The molecule has 0 spiro atoms. The maximum atomic E-state index is 13.9. The number of hydrogen-bond donors (Lipinski definition) is 1. The summed E-state index contributed by atoms with van der Waals surface area (Å²) in [7, 11) is 0. The van der Waals surface area contributed by atoms with Crippen molar-refractivity contribution in [2.24, 2.45) is 73.9 Å². The van der Waals surface area contributed by atoms with E-state index in [1.165, 1.54) is 44.9 Å². The second-order valence-corrected chi connectivity index (χ2v) is 20.6. The van der Waals surface area contributed by atoms with Crippen LogP contribution in [-0.2, 0) is 19.1 Å². The lowest BCUT2D eigenvalue weighted by Crippen LogP contribution is -2.67. The molecule has 0 radical (unpaired) electrons. The summed E-state index contributed by atoms with van der Waals surface area (Å²) >= 11 is 0. The maximum Gasteiger partial charge on any atom is 0.309 e. The minimum atomic E-state index is -1.13. The van der Waals surface area contributed by atoms with E-state index in [-0.39, 0.29) is 45.6 Å². The molecule has 1 saturated heterocycles. The van der Waals surface area contributed by atoms with Crippen LogP contribution in [0.1, 0.15) is 153 Å². The molecule has 6 fully saturated rings. The number of likely N-dealkylation sites (tertiary alicyclic amines) is 1. The van der Waals surface area contributed by atoms with Crippen LogP contribution in [0, 0.1) is 73.9 Å². The molecule has 0 aromatic heterocycles. The van der Waals surface area contributed by atoms with Crippen molar-refractivity contribution in [2.75, 3.05) is 13.1 Å². The van der Waals surface area contributed by atoms with Gasteiger partial charge in [0.15, 0.2) is 0 Å². The quantitative estimate of drug-likeness (QED) is 0.274. The molecule has 48 heavy (non-hydrogen) atoms. The third-order valence-corrected chi connectivity index (χ3v) is 17.2. The number of hydrogen-bond acceptors (Lipinski definition) is 4. The highest BCUT2D eigenvalue weighted by molar-refractivity contribution is 5.81. The van der Waals surface area contributed by atoms with Crippen molar-refractivity contribution >= 4 is 17.8 Å². The number of ether oxygens (including phenoxy) is 1. The van der Waals surface area contributed by atoms with Gasteiger partial charge in [-0.3, -0.25) is 14.4 Å². The molecule has 11 atom stereocenters. The molecule has 272 valence electrons. The molecule has 0 unspecified atom stereocenters. The minimum absolute atomic E-state index is 0.0972. The van der Waals surface area contributed by atoms with E-state index >= 15 is 0 Å². The number of carboxylic acids is 1. The third kappa shape index (κ3) is 5.41. The number of fused-ring (bicyclic) bond motifs is 7. The molecule has 1 N–H and O–H groups in total. The van der Waals surface area contributed by atoms with Gasteiger partial charge in [-0.25, -0.2) is 0 Å². The Hall–Kier alpha value is -1.59. The normalized spacial score (nSPS) is 45.1. The number of carboxylic acid groups (broad SMARTS) is 1. The molecule has 0 bridgehead atoms. The Bertz CT molecular complexity index is 1290. The highest BCUT2D eigenvalue weighted by Gasteiger charge is 2.71.